The molecule has 4 nitrogen and oxygen atoms in total. The molecule has 4 fully saturated rings. The fraction of sp³-hybridized carbons (Fsp3) is 0.583. The SMILES string of the molecule is C/C(=C/C(=O)Nc1ccc(CC(=O)N(C)C)cc1)C12CC3CC(CC(C3)C1)C2. The Bertz CT molecular complexity index is 756. The van der Waals surface area contributed by atoms with Gasteiger partial charge in [-0.3, -0.25) is 9.59 Å². The van der Waals surface area contributed by atoms with Gasteiger partial charge in [-0.15, -0.1) is 0 Å². The molecule has 28 heavy (non-hydrogen) atoms. The first-order valence-corrected chi connectivity index (χ1v) is 10.6. The molecule has 1 aromatic rings. The van der Waals surface area contributed by atoms with Gasteiger partial charge in [0.05, 0.1) is 6.42 Å². The predicted molar refractivity (Wildman–Crippen MR) is 112 cm³/mol. The van der Waals surface area contributed by atoms with E-state index in [1.165, 1.54) is 44.1 Å². The number of carbonyl (C=O) groups is 2. The molecule has 4 bridgehead atoms. The van der Waals surface area contributed by atoms with Crippen LogP contribution in [-0.2, 0) is 16.0 Å². The highest BCUT2D eigenvalue weighted by molar-refractivity contribution is 5.99. The molecule has 0 aromatic heterocycles. The summed E-state index contributed by atoms with van der Waals surface area (Å²) >= 11 is 0. The van der Waals surface area contributed by atoms with Crippen molar-refractivity contribution in [3.63, 3.8) is 0 Å². The van der Waals surface area contributed by atoms with Crippen LogP contribution >= 0.6 is 0 Å². The van der Waals surface area contributed by atoms with E-state index in [0.717, 1.165) is 29.0 Å². The summed E-state index contributed by atoms with van der Waals surface area (Å²) in [5, 5.41) is 3.00. The van der Waals surface area contributed by atoms with Gasteiger partial charge in [0.1, 0.15) is 0 Å². The Labute approximate surface area is 168 Å². The fourth-order valence-electron chi connectivity index (χ4n) is 6.16. The molecule has 2 amide bonds. The molecule has 0 radical (unpaired) electrons. The molecular formula is C24H32N2O2. The number of nitrogens with zero attached hydrogens (tertiary/aromatic N) is 1. The van der Waals surface area contributed by atoms with Crippen LogP contribution in [0.2, 0.25) is 0 Å². The van der Waals surface area contributed by atoms with Crippen LogP contribution in [0.4, 0.5) is 5.69 Å². The first-order valence-electron chi connectivity index (χ1n) is 10.6. The van der Waals surface area contributed by atoms with E-state index >= 15 is 0 Å². The molecule has 5 rings (SSSR count). The van der Waals surface area contributed by atoms with Gasteiger partial charge >= 0.3 is 0 Å². The van der Waals surface area contributed by atoms with Crippen molar-refractivity contribution in [1.82, 2.24) is 4.90 Å². The second-order valence-corrected chi connectivity index (χ2v) is 9.68. The fourth-order valence-corrected chi connectivity index (χ4v) is 6.16. The Kier molecular flexibility index (Phi) is 5.07. The molecular weight excluding hydrogens is 348 g/mol. The van der Waals surface area contributed by atoms with E-state index < -0.39 is 0 Å². The van der Waals surface area contributed by atoms with Crippen molar-refractivity contribution in [3.8, 4) is 0 Å². The standard InChI is InChI=1S/C24H32N2O2/c1-16(24-13-18-9-19(14-24)11-20(10-18)15-24)8-22(27)25-21-6-4-17(5-7-21)12-23(28)26(2)3/h4-8,18-20H,9-15H2,1-3H3,(H,25,27)/b16-8-. The summed E-state index contributed by atoms with van der Waals surface area (Å²) in [7, 11) is 3.52. The average molecular weight is 381 g/mol. The van der Waals surface area contributed by atoms with Crippen LogP contribution in [0.5, 0.6) is 0 Å². The number of nitrogens with one attached hydrogen (secondary N) is 1. The third-order valence-electron chi connectivity index (χ3n) is 7.30. The smallest absolute Gasteiger partial charge is 0.248 e. The lowest BCUT2D eigenvalue weighted by Crippen LogP contribution is -2.46. The maximum absolute atomic E-state index is 12.6. The largest absolute Gasteiger partial charge is 0.349 e. The number of rotatable bonds is 5. The zero-order valence-electron chi connectivity index (χ0n) is 17.3. The number of anilines is 1. The van der Waals surface area contributed by atoms with E-state index in [4.69, 9.17) is 0 Å². The van der Waals surface area contributed by atoms with Crippen molar-refractivity contribution < 1.29 is 9.59 Å². The van der Waals surface area contributed by atoms with Crippen molar-refractivity contribution in [3.05, 3.63) is 41.5 Å². The van der Waals surface area contributed by atoms with Crippen molar-refractivity contribution in [2.45, 2.75) is 51.9 Å². The summed E-state index contributed by atoms with van der Waals surface area (Å²) in [4.78, 5) is 26.0. The van der Waals surface area contributed by atoms with Gasteiger partial charge in [-0.2, -0.15) is 0 Å². The summed E-state index contributed by atoms with van der Waals surface area (Å²) in [6.45, 7) is 2.17. The molecule has 0 heterocycles. The van der Waals surface area contributed by atoms with Crippen molar-refractivity contribution >= 4 is 17.5 Å². The third kappa shape index (κ3) is 3.87. The Morgan fingerprint density at radius 2 is 1.57 bits per heavy atom. The van der Waals surface area contributed by atoms with Gasteiger partial charge in [0, 0.05) is 25.9 Å². The van der Waals surface area contributed by atoms with Gasteiger partial charge in [0.2, 0.25) is 11.8 Å². The number of benzene rings is 1. The van der Waals surface area contributed by atoms with Crippen LogP contribution in [-0.4, -0.2) is 30.8 Å². The molecule has 0 unspecified atom stereocenters. The maximum atomic E-state index is 12.6. The molecule has 4 aliphatic rings. The molecule has 0 saturated heterocycles. The van der Waals surface area contributed by atoms with Gasteiger partial charge in [0.15, 0.2) is 0 Å². The summed E-state index contributed by atoms with van der Waals surface area (Å²) in [6, 6.07) is 7.58. The highest BCUT2D eigenvalue weighted by atomic mass is 16.2. The van der Waals surface area contributed by atoms with E-state index in [1.54, 1.807) is 19.0 Å². The average Bonchev–Trinajstić information content (AvgIpc) is 2.62. The number of hydrogen-bond acceptors (Lipinski definition) is 2. The van der Waals surface area contributed by atoms with Crippen LogP contribution in [0.1, 0.15) is 51.0 Å². The van der Waals surface area contributed by atoms with Gasteiger partial charge in [-0.05, 0) is 86.3 Å². The van der Waals surface area contributed by atoms with Gasteiger partial charge < -0.3 is 10.2 Å². The van der Waals surface area contributed by atoms with Crippen LogP contribution in [0.15, 0.2) is 35.9 Å². The van der Waals surface area contributed by atoms with E-state index in [-0.39, 0.29) is 17.2 Å². The van der Waals surface area contributed by atoms with E-state index in [9.17, 15) is 9.59 Å². The second-order valence-electron chi connectivity index (χ2n) is 9.68. The summed E-state index contributed by atoms with van der Waals surface area (Å²) in [6.07, 6.45) is 10.3. The lowest BCUT2D eigenvalue weighted by molar-refractivity contribution is -0.128. The van der Waals surface area contributed by atoms with Crippen LogP contribution in [0.3, 0.4) is 0 Å². The molecule has 1 N–H and O–H groups in total. The Hall–Kier alpha value is -2.10. The molecule has 4 saturated carbocycles. The summed E-state index contributed by atoms with van der Waals surface area (Å²) in [5.74, 6) is 2.69. The minimum atomic E-state index is -0.0367. The Morgan fingerprint density at radius 1 is 1.04 bits per heavy atom. The zero-order valence-corrected chi connectivity index (χ0v) is 17.3. The number of allylic oxidation sites excluding steroid dienone is 1. The van der Waals surface area contributed by atoms with E-state index in [0.29, 0.717) is 6.42 Å². The minimum absolute atomic E-state index is 0.0367. The van der Waals surface area contributed by atoms with Gasteiger partial charge in [-0.25, -0.2) is 0 Å². The topological polar surface area (TPSA) is 49.4 Å². The van der Waals surface area contributed by atoms with Gasteiger partial charge in [-0.1, -0.05) is 17.7 Å². The molecule has 150 valence electrons. The predicted octanol–water partition coefficient (Wildman–Crippen LogP) is 4.42. The lowest BCUT2D eigenvalue weighted by atomic mass is 9.48. The molecule has 0 spiro atoms. The highest BCUT2D eigenvalue weighted by Crippen LogP contribution is 2.62. The van der Waals surface area contributed by atoms with Crippen molar-refractivity contribution in [1.29, 1.82) is 0 Å². The molecule has 4 aliphatic carbocycles. The van der Waals surface area contributed by atoms with Gasteiger partial charge in [0.25, 0.3) is 0 Å². The van der Waals surface area contributed by atoms with Crippen molar-refractivity contribution in [2.24, 2.45) is 23.2 Å². The number of likely N-dealkylation sites (N-methyl/N-ethyl adjacent to an activating group) is 1. The second kappa shape index (κ2) is 7.38. The Balaban J connectivity index is 1.39. The first kappa shape index (κ1) is 19.2. The molecule has 4 heteroatoms. The number of carbonyl (C=O) groups excluding carboxylic acids is 2. The van der Waals surface area contributed by atoms with Crippen LogP contribution in [0.25, 0.3) is 0 Å². The minimum Gasteiger partial charge on any atom is -0.349 e. The maximum Gasteiger partial charge on any atom is 0.248 e. The monoisotopic (exact) mass is 380 g/mol. The molecule has 1 aromatic carbocycles. The van der Waals surface area contributed by atoms with E-state index in [2.05, 4.69) is 12.2 Å². The number of amides is 2. The normalized spacial score (nSPS) is 31.0. The molecule has 0 atom stereocenters. The highest BCUT2D eigenvalue weighted by Gasteiger charge is 2.51. The summed E-state index contributed by atoms with van der Waals surface area (Å²) < 4.78 is 0. The quantitative estimate of drug-likeness (QED) is 0.769. The lowest BCUT2D eigenvalue weighted by Gasteiger charge is -2.57. The van der Waals surface area contributed by atoms with Crippen molar-refractivity contribution in [2.75, 3.05) is 19.4 Å². The first-order chi connectivity index (χ1) is 13.3. The van der Waals surface area contributed by atoms with Crippen LogP contribution in [0, 0.1) is 23.2 Å². The number of hydrogen-bond donors (Lipinski definition) is 1. The Morgan fingerprint density at radius 3 is 2.07 bits per heavy atom. The van der Waals surface area contributed by atoms with E-state index in [1.807, 2.05) is 30.3 Å². The zero-order chi connectivity index (χ0) is 19.9. The molecule has 0 aliphatic heterocycles. The summed E-state index contributed by atoms with van der Waals surface area (Å²) in [5.41, 5.74) is 3.29. The third-order valence-corrected chi connectivity index (χ3v) is 7.30. The van der Waals surface area contributed by atoms with Crippen LogP contribution < -0.4 is 5.32 Å².